The van der Waals surface area contributed by atoms with Crippen LogP contribution >= 0.6 is 0 Å². The lowest BCUT2D eigenvalue weighted by atomic mass is 10.2. The Morgan fingerprint density at radius 2 is 1.79 bits per heavy atom. The third-order valence-corrected chi connectivity index (χ3v) is 1.31. The minimum absolute atomic E-state index is 0.0556. The van der Waals surface area contributed by atoms with Crippen LogP contribution in [0.2, 0.25) is 0 Å². The molecule has 2 N–H and O–H groups in total. The second-order valence-electron chi connectivity index (χ2n) is 2.74. The lowest BCUT2D eigenvalue weighted by Crippen LogP contribution is -1.92. The topological polar surface area (TPSA) is 74.6 Å². The molecule has 0 rings (SSSR count). The molecule has 0 heterocycles. The van der Waals surface area contributed by atoms with E-state index in [1.54, 1.807) is 0 Å². The zero-order valence-electron chi connectivity index (χ0n) is 8.53. The minimum atomic E-state index is -0.829. The van der Waals surface area contributed by atoms with Crippen LogP contribution in [-0.2, 0) is 9.59 Å². The molecule has 0 radical (unpaired) electrons. The Morgan fingerprint density at radius 3 is 2.00 bits per heavy atom. The number of rotatable bonds is 6. The van der Waals surface area contributed by atoms with Gasteiger partial charge in [0.25, 0.3) is 0 Å². The molecule has 0 atom stereocenters. The Morgan fingerprint density at radius 1 is 1.21 bits per heavy atom. The first kappa shape index (κ1) is 15.2. The second kappa shape index (κ2) is 11.7. The smallest absolute Gasteiger partial charge is 0.307 e. The monoisotopic (exact) mass is 202 g/mol. The molecule has 0 saturated carbocycles. The molecule has 0 aliphatic carbocycles. The van der Waals surface area contributed by atoms with Gasteiger partial charge in [0.05, 0.1) is 6.42 Å². The first-order chi connectivity index (χ1) is 6.54. The Balaban J connectivity index is 0. The van der Waals surface area contributed by atoms with Gasteiger partial charge < -0.3 is 10.2 Å². The predicted octanol–water partition coefficient (Wildman–Crippen LogP) is 2.30. The van der Waals surface area contributed by atoms with Crippen LogP contribution in [0.5, 0.6) is 0 Å². The van der Waals surface area contributed by atoms with Gasteiger partial charge in [-0.15, -0.1) is 6.58 Å². The molecule has 0 bridgehead atoms. The quantitative estimate of drug-likeness (QED) is 0.512. The van der Waals surface area contributed by atoms with Gasteiger partial charge in [-0.1, -0.05) is 25.8 Å². The van der Waals surface area contributed by atoms with Crippen LogP contribution in [0.4, 0.5) is 0 Å². The zero-order chi connectivity index (χ0) is 11.4. The molecule has 0 fully saturated rings. The summed E-state index contributed by atoms with van der Waals surface area (Å²) in [5, 5.41) is 16.0. The number of carboxylic acid groups (broad SMARTS) is 2. The second-order valence-corrected chi connectivity index (χ2v) is 2.74. The van der Waals surface area contributed by atoms with E-state index < -0.39 is 11.9 Å². The molecule has 14 heavy (non-hydrogen) atoms. The van der Waals surface area contributed by atoms with Gasteiger partial charge in [0, 0.05) is 6.42 Å². The van der Waals surface area contributed by atoms with Crippen molar-refractivity contribution in [3.05, 3.63) is 12.7 Å². The van der Waals surface area contributed by atoms with E-state index in [0.29, 0.717) is 6.42 Å². The van der Waals surface area contributed by atoms with Crippen molar-refractivity contribution < 1.29 is 19.8 Å². The molecule has 4 nitrogen and oxygen atoms in total. The van der Waals surface area contributed by atoms with Crippen LogP contribution in [0.3, 0.4) is 0 Å². The summed E-state index contributed by atoms with van der Waals surface area (Å²) in [6, 6.07) is 0. The van der Waals surface area contributed by atoms with Crippen LogP contribution in [0.1, 0.15) is 39.0 Å². The highest BCUT2D eigenvalue weighted by atomic mass is 16.4. The van der Waals surface area contributed by atoms with E-state index in [4.69, 9.17) is 10.2 Å². The number of carbonyl (C=O) groups is 2. The summed E-state index contributed by atoms with van der Waals surface area (Å²) in [5.74, 6) is -1.51. The molecule has 0 aromatic carbocycles. The van der Waals surface area contributed by atoms with Gasteiger partial charge in [0.2, 0.25) is 0 Å². The Labute approximate surface area is 84.3 Å². The van der Waals surface area contributed by atoms with E-state index in [0.717, 1.165) is 19.3 Å². The average molecular weight is 202 g/mol. The van der Waals surface area contributed by atoms with Crippen LogP contribution in [0.15, 0.2) is 12.7 Å². The molecule has 0 aliphatic heterocycles. The highest BCUT2D eigenvalue weighted by Gasteiger charge is 1.92. The Bertz CT molecular complexity index is 175. The lowest BCUT2D eigenvalue weighted by Gasteiger charge is -1.89. The van der Waals surface area contributed by atoms with Crippen LogP contribution in [0, 0.1) is 0 Å². The first-order valence-electron chi connectivity index (χ1n) is 4.59. The summed E-state index contributed by atoms with van der Waals surface area (Å²) in [6.45, 7) is 5.28. The Hall–Kier alpha value is -1.32. The zero-order valence-corrected chi connectivity index (χ0v) is 8.53. The van der Waals surface area contributed by atoms with E-state index in [1.165, 1.54) is 6.08 Å². The maximum atomic E-state index is 9.87. The Kier molecular flexibility index (Phi) is 12.7. The maximum absolute atomic E-state index is 9.87. The van der Waals surface area contributed by atoms with E-state index in [-0.39, 0.29) is 6.42 Å². The SMILES string of the molecule is C=CCC(=O)O.CCCCCC(=O)O. The van der Waals surface area contributed by atoms with Gasteiger partial charge in [-0.05, 0) is 6.42 Å². The molecular weight excluding hydrogens is 184 g/mol. The van der Waals surface area contributed by atoms with Gasteiger partial charge in [-0.3, -0.25) is 9.59 Å². The van der Waals surface area contributed by atoms with Crippen molar-refractivity contribution in [1.82, 2.24) is 0 Å². The van der Waals surface area contributed by atoms with E-state index >= 15 is 0 Å². The summed E-state index contributed by atoms with van der Waals surface area (Å²) >= 11 is 0. The summed E-state index contributed by atoms with van der Waals surface area (Å²) in [7, 11) is 0. The highest BCUT2D eigenvalue weighted by molar-refractivity contribution is 5.68. The minimum Gasteiger partial charge on any atom is -0.481 e. The number of unbranched alkanes of at least 4 members (excludes halogenated alkanes) is 2. The molecular formula is C10H18O4. The van der Waals surface area contributed by atoms with Crippen LogP contribution in [0.25, 0.3) is 0 Å². The van der Waals surface area contributed by atoms with Crippen molar-refractivity contribution in [2.75, 3.05) is 0 Å². The molecule has 0 aliphatic rings. The standard InChI is InChI=1S/C6H12O2.C4H6O2/c1-2-3-4-5-6(7)8;1-2-3-4(5)6/h2-5H2,1H3,(H,7,8);2H,1,3H2,(H,5,6). The molecule has 0 spiro atoms. The molecule has 0 aromatic heterocycles. The van der Waals surface area contributed by atoms with Gasteiger partial charge in [0.15, 0.2) is 0 Å². The van der Waals surface area contributed by atoms with Gasteiger partial charge in [-0.25, -0.2) is 0 Å². The fourth-order valence-electron chi connectivity index (χ4n) is 0.650. The van der Waals surface area contributed by atoms with Crippen molar-refractivity contribution in [1.29, 1.82) is 0 Å². The fourth-order valence-corrected chi connectivity index (χ4v) is 0.650. The fraction of sp³-hybridized carbons (Fsp3) is 0.600. The number of aliphatic carboxylic acids is 2. The number of hydrogen-bond acceptors (Lipinski definition) is 2. The number of hydrogen-bond donors (Lipinski definition) is 2. The van der Waals surface area contributed by atoms with Gasteiger partial charge in [0.1, 0.15) is 0 Å². The predicted molar refractivity (Wildman–Crippen MR) is 54.2 cm³/mol. The molecule has 0 saturated heterocycles. The van der Waals surface area contributed by atoms with Crippen LogP contribution < -0.4 is 0 Å². The highest BCUT2D eigenvalue weighted by Crippen LogP contribution is 1.97. The van der Waals surface area contributed by atoms with Crippen molar-refractivity contribution in [2.24, 2.45) is 0 Å². The largest absolute Gasteiger partial charge is 0.481 e. The normalized spacial score (nSPS) is 8.36. The van der Waals surface area contributed by atoms with Crippen LogP contribution in [-0.4, -0.2) is 22.2 Å². The van der Waals surface area contributed by atoms with Crippen molar-refractivity contribution in [3.8, 4) is 0 Å². The average Bonchev–Trinajstić information content (AvgIpc) is 2.05. The van der Waals surface area contributed by atoms with Gasteiger partial charge >= 0.3 is 11.9 Å². The summed E-state index contributed by atoms with van der Waals surface area (Å²) in [6.07, 6.45) is 4.68. The van der Waals surface area contributed by atoms with E-state index in [1.807, 2.05) is 0 Å². The molecule has 0 unspecified atom stereocenters. The van der Waals surface area contributed by atoms with Crippen molar-refractivity contribution >= 4 is 11.9 Å². The molecule has 4 heteroatoms. The third-order valence-electron chi connectivity index (χ3n) is 1.31. The van der Waals surface area contributed by atoms with E-state index in [2.05, 4.69) is 13.5 Å². The van der Waals surface area contributed by atoms with E-state index in [9.17, 15) is 9.59 Å². The third kappa shape index (κ3) is 22.4. The molecule has 0 amide bonds. The van der Waals surface area contributed by atoms with Crippen molar-refractivity contribution in [2.45, 2.75) is 39.0 Å². The molecule has 82 valence electrons. The first-order valence-corrected chi connectivity index (χ1v) is 4.59. The maximum Gasteiger partial charge on any atom is 0.307 e. The lowest BCUT2D eigenvalue weighted by molar-refractivity contribution is -0.137. The summed E-state index contributed by atoms with van der Waals surface area (Å²) < 4.78 is 0. The van der Waals surface area contributed by atoms with Crippen molar-refractivity contribution in [3.63, 3.8) is 0 Å². The number of carboxylic acids is 2. The molecule has 0 aromatic rings. The summed E-state index contributed by atoms with van der Waals surface area (Å²) in [4.78, 5) is 19.4. The van der Waals surface area contributed by atoms with Gasteiger partial charge in [-0.2, -0.15) is 0 Å². The summed E-state index contributed by atoms with van der Waals surface area (Å²) in [5.41, 5.74) is 0.